The summed E-state index contributed by atoms with van der Waals surface area (Å²) in [7, 11) is 0. The van der Waals surface area contributed by atoms with Gasteiger partial charge in [0.1, 0.15) is 5.82 Å². The number of fused-ring (bicyclic) bond motifs is 9. The fourth-order valence-electron chi connectivity index (χ4n) is 4.60. The quantitative estimate of drug-likeness (QED) is 0.512. The summed E-state index contributed by atoms with van der Waals surface area (Å²) in [5.74, 6) is -0.576. The Morgan fingerprint density at radius 2 is 1.86 bits per heavy atom. The van der Waals surface area contributed by atoms with E-state index >= 15 is 0 Å². The minimum atomic E-state index is -0.577. The molecule has 1 amide bonds. The Labute approximate surface area is 204 Å². The Bertz CT molecular complexity index is 1200. The molecule has 6 bridgehead atoms. The monoisotopic (exact) mass is 475 g/mol. The zero-order valence-electron chi connectivity index (χ0n) is 19.7. The Hall–Kier alpha value is -3.52. The van der Waals surface area contributed by atoms with Gasteiger partial charge in [0.15, 0.2) is 0 Å². The Balaban J connectivity index is 1.47. The van der Waals surface area contributed by atoms with Crippen LogP contribution < -0.4 is 15.5 Å². The van der Waals surface area contributed by atoms with E-state index in [1.807, 2.05) is 6.07 Å². The highest BCUT2D eigenvalue weighted by atomic mass is 19.1. The standard InChI is InChI=1S/C27H30FN5O2/c28-23-17-19-6-8-22(23)26(34)29-11-2-5-15-35-18-20-16-21(31-27-30-12-10-24(19)32-27)7-9-25(20)33-13-3-1-4-14-33/h6-10,12,16-17H,1-5,11,13-15,18H2,(H,29,34)(H,30,31,32). The highest BCUT2D eigenvalue weighted by Gasteiger charge is 2.17. The number of nitrogens with one attached hydrogen (secondary N) is 2. The number of carbonyl (C=O) groups excluding carboxylic acids is 1. The number of ether oxygens (including phenoxy) is 1. The lowest BCUT2D eigenvalue weighted by atomic mass is 10.1. The fraction of sp³-hybridized carbons (Fsp3) is 0.370. The number of benzene rings is 2. The largest absolute Gasteiger partial charge is 0.377 e. The van der Waals surface area contributed by atoms with Gasteiger partial charge in [-0.2, -0.15) is 0 Å². The van der Waals surface area contributed by atoms with Crippen molar-refractivity contribution in [3.63, 3.8) is 0 Å². The van der Waals surface area contributed by atoms with Gasteiger partial charge in [0.2, 0.25) is 5.95 Å². The molecule has 2 aromatic carbocycles. The van der Waals surface area contributed by atoms with Gasteiger partial charge in [-0.3, -0.25) is 4.79 Å². The van der Waals surface area contributed by atoms with Crippen molar-refractivity contribution in [3.8, 4) is 11.3 Å². The molecule has 2 N–H and O–H groups in total. The van der Waals surface area contributed by atoms with Crippen LogP contribution in [0.3, 0.4) is 0 Å². The maximum Gasteiger partial charge on any atom is 0.254 e. The summed E-state index contributed by atoms with van der Waals surface area (Å²) >= 11 is 0. The minimum Gasteiger partial charge on any atom is -0.377 e. The van der Waals surface area contributed by atoms with E-state index in [1.54, 1.807) is 18.3 Å². The van der Waals surface area contributed by atoms with Crippen LogP contribution in [0.4, 0.5) is 21.7 Å². The first-order valence-corrected chi connectivity index (χ1v) is 12.3. The van der Waals surface area contributed by atoms with E-state index in [9.17, 15) is 9.18 Å². The number of piperidine rings is 1. The molecule has 0 atom stereocenters. The molecule has 1 saturated heterocycles. The van der Waals surface area contributed by atoms with Crippen LogP contribution in [0.5, 0.6) is 0 Å². The van der Waals surface area contributed by atoms with E-state index in [0.717, 1.165) is 37.2 Å². The van der Waals surface area contributed by atoms with Gasteiger partial charge >= 0.3 is 0 Å². The number of amides is 1. The summed E-state index contributed by atoms with van der Waals surface area (Å²) in [5.41, 5.74) is 4.37. The fourth-order valence-corrected chi connectivity index (χ4v) is 4.60. The molecule has 0 spiro atoms. The first kappa shape index (κ1) is 23.2. The molecule has 8 heteroatoms. The van der Waals surface area contributed by atoms with Crippen molar-refractivity contribution in [3.05, 3.63) is 65.6 Å². The molecule has 182 valence electrons. The van der Waals surface area contributed by atoms with E-state index in [-0.39, 0.29) is 5.56 Å². The summed E-state index contributed by atoms with van der Waals surface area (Å²) in [4.78, 5) is 23.8. The van der Waals surface area contributed by atoms with E-state index in [1.165, 1.54) is 37.1 Å². The van der Waals surface area contributed by atoms with Crippen LogP contribution in [-0.4, -0.2) is 42.1 Å². The highest BCUT2D eigenvalue weighted by Crippen LogP contribution is 2.29. The normalized spacial score (nSPS) is 17.1. The van der Waals surface area contributed by atoms with Crippen molar-refractivity contribution >= 4 is 23.2 Å². The molecule has 7 nitrogen and oxygen atoms in total. The lowest BCUT2D eigenvalue weighted by Crippen LogP contribution is -2.30. The second-order valence-electron chi connectivity index (χ2n) is 8.99. The number of carbonyl (C=O) groups is 1. The number of nitrogens with zero attached hydrogens (tertiary/aromatic N) is 3. The van der Waals surface area contributed by atoms with Crippen LogP contribution in [0.2, 0.25) is 0 Å². The van der Waals surface area contributed by atoms with E-state index in [4.69, 9.17) is 4.74 Å². The van der Waals surface area contributed by atoms with Gasteiger partial charge in [-0.05, 0) is 68.5 Å². The zero-order valence-corrected chi connectivity index (χ0v) is 19.7. The second-order valence-corrected chi connectivity index (χ2v) is 8.99. The molecular weight excluding hydrogens is 445 g/mol. The van der Waals surface area contributed by atoms with Crippen molar-refractivity contribution in [2.24, 2.45) is 0 Å². The smallest absolute Gasteiger partial charge is 0.254 e. The molecule has 35 heavy (non-hydrogen) atoms. The first-order valence-electron chi connectivity index (χ1n) is 12.3. The predicted molar refractivity (Wildman–Crippen MR) is 134 cm³/mol. The third-order valence-electron chi connectivity index (χ3n) is 6.46. The van der Waals surface area contributed by atoms with Gasteiger partial charge in [-0.1, -0.05) is 6.07 Å². The van der Waals surface area contributed by atoms with Crippen molar-refractivity contribution in [1.82, 2.24) is 15.3 Å². The van der Waals surface area contributed by atoms with Crippen molar-refractivity contribution in [2.45, 2.75) is 38.7 Å². The minimum absolute atomic E-state index is 0.0246. The molecule has 0 aliphatic carbocycles. The molecule has 3 aliphatic heterocycles. The maximum atomic E-state index is 14.7. The third kappa shape index (κ3) is 5.59. The summed E-state index contributed by atoms with van der Waals surface area (Å²) in [6.45, 7) is 3.67. The molecule has 1 fully saturated rings. The van der Waals surface area contributed by atoms with Crippen molar-refractivity contribution in [1.29, 1.82) is 0 Å². The van der Waals surface area contributed by atoms with Gasteiger partial charge in [0.25, 0.3) is 5.91 Å². The Morgan fingerprint density at radius 1 is 0.971 bits per heavy atom. The number of anilines is 3. The lowest BCUT2D eigenvalue weighted by Gasteiger charge is -2.31. The zero-order chi connectivity index (χ0) is 24.0. The number of hydrogen-bond acceptors (Lipinski definition) is 6. The summed E-state index contributed by atoms with van der Waals surface area (Å²) in [6, 6.07) is 12.5. The van der Waals surface area contributed by atoms with Gasteiger partial charge in [0, 0.05) is 54.9 Å². The molecule has 0 radical (unpaired) electrons. The topological polar surface area (TPSA) is 79.4 Å². The lowest BCUT2D eigenvalue weighted by molar-refractivity contribution is 0.0942. The molecule has 6 rings (SSSR count). The summed E-state index contributed by atoms with van der Waals surface area (Å²) in [5, 5.41) is 6.09. The van der Waals surface area contributed by atoms with E-state index < -0.39 is 11.7 Å². The third-order valence-corrected chi connectivity index (χ3v) is 6.46. The van der Waals surface area contributed by atoms with E-state index in [2.05, 4.69) is 37.6 Å². The van der Waals surface area contributed by atoms with Crippen molar-refractivity contribution in [2.75, 3.05) is 36.5 Å². The van der Waals surface area contributed by atoms with Crippen LogP contribution in [0.25, 0.3) is 11.3 Å². The number of aromatic nitrogens is 2. The number of hydrogen-bond donors (Lipinski definition) is 2. The maximum absolute atomic E-state index is 14.7. The SMILES string of the molecule is O=C1NCCCCOCc2cc(ccc2N2CCCCC2)Nc2nccc(n2)-c2ccc1c(F)c2. The Morgan fingerprint density at radius 3 is 2.71 bits per heavy atom. The molecule has 3 aromatic rings. The molecule has 3 aliphatic rings. The number of rotatable bonds is 1. The Kier molecular flexibility index (Phi) is 7.18. The molecule has 4 heterocycles. The van der Waals surface area contributed by atoms with Gasteiger partial charge < -0.3 is 20.3 Å². The molecule has 1 aromatic heterocycles. The van der Waals surface area contributed by atoms with Crippen molar-refractivity contribution < 1.29 is 13.9 Å². The number of halogens is 1. The summed E-state index contributed by atoms with van der Waals surface area (Å²) < 4.78 is 20.7. The molecule has 0 saturated carbocycles. The predicted octanol–water partition coefficient (Wildman–Crippen LogP) is 5.06. The van der Waals surface area contributed by atoms with Crippen LogP contribution in [0.15, 0.2) is 48.7 Å². The van der Waals surface area contributed by atoms with Gasteiger partial charge in [-0.15, -0.1) is 0 Å². The van der Waals surface area contributed by atoms with Crippen LogP contribution in [0, 0.1) is 5.82 Å². The van der Waals surface area contributed by atoms with Crippen LogP contribution in [0.1, 0.15) is 48.0 Å². The molecule has 0 unspecified atom stereocenters. The van der Waals surface area contributed by atoms with E-state index in [0.29, 0.717) is 37.0 Å². The first-order chi connectivity index (χ1) is 17.2. The van der Waals surface area contributed by atoms with Crippen LogP contribution >= 0.6 is 0 Å². The second kappa shape index (κ2) is 10.8. The van der Waals surface area contributed by atoms with Crippen LogP contribution in [-0.2, 0) is 11.3 Å². The summed E-state index contributed by atoms with van der Waals surface area (Å²) in [6.07, 6.45) is 6.88. The average Bonchev–Trinajstić information content (AvgIpc) is 2.88. The molecular formula is C27H30FN5O2. The van der Waals surface area contributed by atoms with Gasteiger partial charge in [-0.25, -0.2) is 14.4 Å². The van der Waals surface area contributed by atoms with Gasteiger partial charge in [0.05, 0.1) is 17.9 Å². The highest BCUT2D eigenvalue weighted by molar-refractivity contribution is 5.95. The average molecular weight is 476 g/mol.